The number of anilines is 1. The van der Waals surface area contributed by atoms with Crippen molar-refractivity contribution in [3.63, 3.8) is 0 Å². The Bertz CT molecular complexity index is 1470. The molecule has 3 aromatic carbocycles. The van der Waals surface area contributed by atoms with Crippen LogP contribution in [0.15, 0.2) is 65.5 Å². The summed E-state index contributed by atoms with van der Waals surface area (Å²) in [5, 5.41) is 13.2. The first-order chi connectivity index (χ1) is 16.9. The largest absolute Gasteiger partial charge is 0.366 e. The third-order valence-electron chi connectivity index (χ3n) is 6.58. The van der Waals surface area contributed by atoms with Crippen LogP contribution in [0.2, 0.25) is 10.0 Å². The Morgan fingerprint density at radius 1 is 0.800 bits per heavy atom. The van der Waals surface area contributed by atoms with Crippen molar-refractivity contribution in [1.82, 2.24) is 9.13 Å². The molecule has 35 heavy (non-hydrogen) atoms. The van der Waals surface area contributed by atoms with Gasteiger partial charge < -0.3 is 4.90 Å². The molecular formula is C26H24Cl2N4O3. The highest BCUT2D eigenvalue weighted by Crippen LogP contribution is 2.35. The molecule has 1 aromatic heterocycles. The number of imidazole rings is 1. The predicted molar refractivity (Wildman–Crippen MR) is 140 cm³/mol. The fourth-order valence-electron chi connectivity index (χ4n) is 4.77. The highest BCUT2D eigenvalue weighted by atomic mass is 35.5. The second-order valence-corrected chi connectivity index (χ2v) is 9.59. The van der Waals surface area contributed by atoms with E-state index in [1.54, 1.807) is 27.3 Å². The van der Waals surface area contributed by atoms with Crippen LogP contribution in [0.1, 0.15) is 30.4 Å². The third kappa shape index (κ3) is 4.54. The average Bonchev–Trinajstić information content (AvgIpc) is 3.11. The number of nitro benzene ring substituents is 1. The number of aromatic nitrogens is 2. The fourth-order valence-corrected chi connectivity index (χ4v) is 5.16. The van der Waals surface area contributed by atoms with Gasteiger partial charge in [-0.25, -0.2) is 4.79 Å². The van der Waals surface area contributed by atoms with E-state index in [0.29, 0.717) is 26.8 Å². The Morgan fingerprint density at radius 2 is 1.31 bits per heavy atom. The number of hydrogen-bond acceptors (Lipinski definition) is 4. The molecule has 2 heterocycles. The van der Waals surface area contributed by atoms with Crippen molar-refractivity contribution in [2.75, 3.05) is 18.0 Å². The quantitative estimate of drug-likeness (QED) is 0.232. The molecule has 0 N–H and O–H groups in total. The van der Waals surface area contributed by atoms with Crippen LogP contribution in [-0.2, 0) is 13.1 Å². The summed E-state index contributed by atoms with van der Waals surface area (Å²) in [6, 6.07) is 18.0. The zero-order valence-corrected chi connectivity index (χ0v) is 20.5. The summed E-state index contributed by atoms with van der Waals surface area (Å²) in [5.74, 6) is 0. The van der Waals surface area contributed by atoms with Crippen molar-refractivity contribution in [2.45, 2.75) is 32.4 Å². The monoisotopic (exact) mass is 510 g/mol. The van der Waals surface area contributed by atoms with Crippen molar-refractivity contribution in [3.8, 4) is 0 Å². The van der Waals surface area contributed by atoms with E-state index in [2.05, 4.69) is 4.90 Å². The van der Waals surface area contributed by atoms with Gasteiger partial charge in [-0.3, -0.25) is 19.2 Å². The van der Waals surface area contributed by atoms with E-state index in [1.807, 2.05) is 36.4 Å². The zero-order chi connectivity index (χ0) is 24.5. The Balaban J connectivity index is 1.74. The molecule has 7 nitrogen and oxygen atoms in total. The molecule has 0 unspecified atom stereocenters. The van der Waals surface area contributed by atoms with Crippen LogP contribution in [0.3, 0.4) is 0 Å². The highest BCUT2D eigenvalue weighted by Gasteiger charge is 2.26. The zero-order valence-electron chi connectivity index (χ0n) is 19.0. The van der Waals surface area contributed by atoms with Gasteiger partial charge in [0, 0.05) is 29.2 Å². The fraction of sp³-hybridized carbons (Fsp3) is 0.269. The molecule has 1 saturated heterocycles. The minimum atomic E-state index is -0.362. The van der Waals surface area contributed by atoms with Crippen LogP contribution >= 0.6 is 23.2 Å². The SMILES string of the molecule is O=c1n(Cc2ccccc2Cl)c2cc(N3CCCCC3)c([N+](=O)[O-])cc2n1Cc1ccccc1Cl. The van der Waals surface area contributed by atoms with E-state index in [4.69, 9.17) is 23.2 Å². The van der Waals surface area contributed by atoms with Crippen molar-refractivity contribution in [2.24, 2.45) is 0 Å². The molecule has 180 valence electrons. The van der Waals surface area contributed by atoms with Crippen LogP contribution in [0.4, 0.5) is 11.4 Å². The van der Waals surface area contributed by atoms with Crippen LogP contribution in [0.25, 0.3) is 11.0 Å². The van der Waals surface area contributed by atoms with Gasteiger partial charge in [-0.1, -0.05) is 59.6 Å². The molecule has 0 aliphatic carbocycles. The van der Waals surface area contributed by atoms with Crippen LogP contribution in [-0.4, -0.2) is 27.1 Å². The number of rotatable bonds is 6. The standard InChI is InChI=1S/C26H24Cl2N4O3/c27-20-10-4-2-8-18(20)16-30-23-14-22(29-12-6-1-7-13-29)25(32(34)35)15-24(23)31(26(30)33)17-19-9-3-5-11-21(19)28/h2-5,8-11,14-15H,1,6-7,12-13,16-17H2. The summed E-state index contributed by atoms with van der Waals surface area (Å²) in [5.41, 5.74) is 2.96. The maximum atomic E-state index is 13.7. The van der Waals surface area contributed by atoms with E-state index in [9.17, 15) is 14.9 Å². The summed E-state index contributed by atoms with van der Waals surface area (Å²) in [7, 11) is 0. The minimum Gasteiger partial charge on any atom is -0.366 e. The van der Waals surface area contributed by atoms with Crippen LogP contribution in [0, 0.1) is 10.1 Å². The molecule has 0 spiro atoms. The molecule has 0 radical (unpaired) electrons. The molecule has 1 fully saturated rings. The molecule has 5 rings (SSSR count). The number of nitro groups is 1. The first kappa shape index (κ1) is 23.5. The third-order valence-corrected chi connectivity index (χ3v) is 7.32. The molecule has 1 aliphatic heterocycles. The molecule has 4 aromatic rings. The van der Waals surface area contributed by atoms with Crippen LogP contribution in [0.5, 0.6) is 0 Å². The molecule has 0 saturated carbocycles. The number of fused-ring (bicyclic) bond motifs is 1. The number of hydrogen-bond donors (Lipinski definition) is 0. The lowest BCUT2D eigenvalue weighted by atomic mass is 10.1. The van der Waals surface area contributed by atoms with Gasteiger partial charge in [0.1, 0.15) is 5.69 Å². The van der Waals surface area contributed by atoms with E-state index in [1.165, 1.54) is 6.07 Å². The summed E-state index contributed by atoms with van der Waals surface area (Å²) in [4.78, 5) is 27.5. The van der Waals surface area contributed by atoms with Crippen molar-refractivity contribution in [3.05, 3.63) is 102 Å². The summed E-state index contributed by atoms with van der Waals surface area (Å²) >= 11 is 12.8. The van der Waals surface area contributed by atoms with Gasteiger partial charge in [-0.15, -0.1) is 0 Å². The molecule has 0 amide bonds. The smallest absolute Gasteiger partial charge is 0.329 e. The number of piperidine rings is 1. The Morgan fingerprint density at radius 3 is 1.83 bits per heavy atom. The second-order valence-electron chi connectivity index (χ2n) is 8.77. The van der Waals surface area contributed by atoms with E-state index in [-0.39, 0.29) is 29.4 Å². The lowest BCUT2D eigenvalue weighted by Gasteiger charge is -2.28. The number of halogens is 2. The molecule has 1 aliphatic rings. The normalized spacial score (nSPS) is 13.9. The van der Waals surface area contributed by atoms with E-state index >= 15 is 0 Å². The van der Waals surface area contributed by atoms with Crippen molar-refractivity contribution >= 4 is 45.6 Å². The molecular weight excluding hydrogens is 487 g/mol. The van der Waals surface area contributed by atoms with Gasteiger partial charge in [0.05, 0.1) is 29.0 Å². The van der Waals surface area contributed by atoms with Crippen molar-refractivity contribution in [1.29, 1.82) is 0 Å². The lowest BCUT2D eigenvalue weighted by Crippen LogP contribution is -2.30. The van der Waals surface area contributed by atoms with E-state index < -0.39 is 0 Å². The minimum absolute atomic E-state index is 0.00204. The maximum absolute atomic E-state index is 13.7. The second kappa shape index (κ2) is 9.76. The number of benzene rings is 3. The van der Waals surface area contributed by atoms with E-state index in [0.717, 1.165) is 43.5 Å². The number of nitrogens with zero attached hydrogens (tertiary/aromatic N) is 4. The predicted octanol–water partition coefficient (Wildman–Crippen LogP) is 6.10. The van der Waals surface area contributed by atoms with Crippen LogP contribution < -0.4 is 10.6 Å². The Kier molecular flexibility index (Phi) is 6.54. The molecule has 0 atom stereocenters. The van der Waals surface area contributed by atoms with Gasteiger partial charge in [-0.2, -0.15) is 0 Å². The van der Waals surface area contributed by atoms with Gasteiger partial charge in [0.25, 0.3) is 5.69 Å². The Labute approximate surface area is 212 Å². The first-order valence-electron chi connectivity index (χ1n) is 11.6. The lowest BCUT2D eigenvalue weighted by molar-refractivity contribution is -0.384. The summed E-state index contributed by atoms with van der Waals surface area (Å²) in [6.07, 6.45) is 3.07. The topological polar surface area (TPSA) is 73.3 Å². The first-order valence-corrected chi connectivity index (χ1v) is 12.3. The Hall–Kier alpha value is -3.29. The molecule has 0 bridgehead atoms. The van der Waals surface area contributed by atoms with Gasteiger partial charge in [0.2, 0.25) is 0 Å². The summed E-state index contributed by atoms with van der Waals surface area (Å²) in [6.45, 7) is 1.95. The van der Waals surface area contributed by atoms with Crippen molar-refractivity contribution < 1.29 is 4.92 Å². The highest BCUT2D eigenvalue weighted by molar-refractivity contribution is 6.31. The average molecular weight is 511 g/mol. The van der Waals surface area contributed by atoms with Gasteiger partial charge in [0.15, 0.2) is 0 Å². The molecule has 9 heteroatoms. The van der Waals surface area contributed by atoms with Gasteiger partial charge >= 0.3 is 5.69 Å². The van der Waals surface area contributed by atoms with Gasteiger partial charge in [-0.05, 0) is 48.6 Å². The maximum Gasteiger partial charge on any atom is 0.329 e. The summed E-state index contributed by atoms with van der Waals surface area (Å²) < 4.78 is 3.20.